The van der Waals surface area contributed by atoms with Crippen LogP contribution in [0.15, 0.2) is 0 Å². The molecule has 1 aliphatic rings. The number of rotatable bonds is 9. The van der Waals surface area contributed by atoms with Crippen molar-refractivity contribution in [2.75, 3.05) is 20.4 Å². The van der Waals surface area contributed by atoms with Crippen LogP contribution < -0.4 is 0 Å². The first-order chi connectivity index (χ1) is 10.0. The van der Waals surface area contributed by atoms with Gasteiger partial charge in [0.1, 0.15) is 8.24 Å². The Labute approximate surface area is 134 Å². The zero-order chi connectivity index (χ0) is 15.9. The first-order valence-electron chi connectivity index (χ1n) is 8.87. The van der Waals surface area contributed by atoms with Gasteiger partial charge < -0.3 is 13.4 Å². The van der Waals surface area contributed by atoms with Gasteiger partial charge >= 0.3 is 8.56 Å². The molecule has 3 nitrogen and oxygen atoms in total. The third kappa shape index (κ3) is 4.64. The first kappa shape index (κ1) is 19.4. The molecule has 0 bridgehead atoms. The summed E-state index contributed by atoms with van der Waals surface area (Å²) in [5.74, 6) is 0. The quantitative estimate of drug-likeness (QED) is 0.579. The fraction of sp³-hybridized carbons (Fsp3) is 1.00. The summed E-state index contributed by atoms with van der Waals surface area (Å²) < 4.78 is 14.6. The van der Waals surface area contributed by atoms with Crippen LogP contribution in [0.4, 0.5) is 0 Å². The van der Waals surface area contributed by atoms with Crippen LogP contribution in [-0.4, -0.2) is 47.8 Å². The second kappa shape index (κ2) is 8.82. The molecule has 1 fully saturated rings. The average Bonchev–Trinajstić information content (AvgIpc) is 2.56. The molecule has 0 heterocycles. The highest BCUT2D eigenvalue weighted by Gasteiger charge is 2.44. The van der Waals surface area contributed by atoms with Gasteiger partial charge in [-0.3, -0.25) is 0 Å². The maximum absolute atomic E-state index is 5.83. The van der Waals surface area contributed by atoms with Crippen LogP contribution in [-0.2, 0) is 8.85 Å². The van der Waals surface area contributed by atoms with E-state index in [1.807, 2.05) is 14.2 Å². The molecule has 0 atom stereocenters. The maximum atomic E-state index is 5.83. The van der Waals surface area contributed by atoms with Gasteiger partial charge in [0.15, 0.2) is 0 Å². The lowest BCUT2D eigenvalue weighted by Crippen LogP contribution is -2.63. The Kier molecular flexibility index (Phi) is 8.13. The molecular weight excluding hydrogens is 294 g/mol. The van der Waals surface area contributed by atoms with E-state index in [1.165, 1.54) is 50.2 Å². The molecule has 1 rings (SSSR count). The maximum Gasteiger partial charge on any atom is 0.348 e. The Morgan fingerprint density at radius 3 is 1.76 bits per heavy atom. The van der Waals surface area contributed by atoms with Gasteiger partial charge in [-0.1, -0.05) is 40.0 Å². The lowest BCUT2D eigenvalue weighted by Gasteiger charge is -2.49. The topological polar surface area (TPSA) is 21.7 Å². The van der Waals surface area contributed by atoms with Gasteiger partial charge in [0.25, 0.3) is 0 Å². The van der Waals surface area contributed by atoms with E-state index in [2.05, 4.69) is 31.9 Å². The monoisotopic (exact) mass is 331 g/mol. The zero-order valence-electron chi connectivity index (χ0n) is 15.2. The van der Waals surface area contributed by atoms with Gasteiger partial charge in [-0.2, -0.15) is 0 Å². The van der Waals surface area contributed by atoms with E-state index in [0.29, 0.717) is 0 Å². The third-order valence-corrected chi connectivity index (χ3v) is 14.6. The second-order valence-electron chi connectivity index (χ2n) is 6.75. The normalized spacial score (nSPS) is 18.4. The first-order valence-corrected chi connectivity index (χ1v) is 14.0. The molecule has 0 aliphatic heterocycles. The van der Waals surface area contributed by atoms with Crippen molar-refractivity contribution in [2.24, 2.45) is 0 Å². The van der Waals surface area contributed by atoms with E-state index in [0.717, 1.165) is 12.2 Å². The van der Waals surface area contributed by atoms with Crippen LogP contribution in [0.25, 0.3) is 0 Å². The molecule has 0 spiro atoms. The van der Waals surface area contributed by atoms with Crippen molar-refractivity contribution in [3.8, 4) is 0 Å². The molecule has 1 aliphatic carbocycles. The van der Waals surface area contributed by atoms with Crippen LogP contribution in [0.3, 0.4) is 0 Å². The fourth-order valence-corrected chi connectivity index (χ4v) is 11.2. The van der Waals surface area contributed by atoms with Crippen LogP contribution in [0, 0.1) is 0 Å². The van der Waals surface area contributed by atoms with Crippen molar-refractivity contribution in [3.05, 3.63) is 0 Å². The minimum atomic E-state index is -2.04. The molecule has 0 saturated heterocycles. The van der Waals surface area contributed by atoms with Gasteiger partial charge in [-0.15, -0.1) is 0 Å². The third-order valence-electron chi connectivity index (χ3n) is 5.92. The summed E-state index contributed by atoms with van der Waals surface area (Å²) in [5, 5.41) is 0. The summed E-state index contributed by atoms with van der Waals surface area (Å²) in [4.78, 5) is 0. The van der Waals surface area contributed by atoms with E-state index in [4.69, 9.17) is 8.85 Å². The highest BCUT2D eigenvalue weighted by atomic mass is 28.4. The van der Waals surface area contributed by atoms with E-state index in [1.54, 1.807) is 0 Å². The fourth-order valence-electron chi connectivity index (χ4n) is 3.96. The van der Waals surface area contributed by atoms with E-state index in [-0.39, 0.29) is 0 Å². The van der Waals surface area contributed by atoms with Crippen molar-refractivity contribution in [3.63, 3.8) is 0 Å². The molecule has 0 unspecified atom stereocenters. The smallest absolute Gasteiger partial charge is 0.348 e. The van der Waals surface area contributed by atoms with E-state index in [9.17, 15) is 0 Å². The molecule has 5 heteroatoms. The zero-order valence-corrected chi connectivity index (χ0v) is 17.2. The van der Waals surface area contributed by atoms with Gasteiger partial charge in [0, 0.05) is 26.4 Å². The summed E-state index contributed by atoms with van der Waals surface area (Å²) >= 11 is 0. The van der Waals surface area contributed by atoms with Crippen molar-refractivity contribution in [2.45, 2.75) is 83.6 Å². The van der Waals surface area contributed by atoms with Gasteiger partial charge in [0.2, 0.25) is 0 Å². The lowest BCUT2D eigenvalue weighted by atomic mass is 9.96. The van der Waals surface area contributed by atoms with E-state index < -0.39 is 16.8 Å². The molecule has 21 heavy (non-hydrogen) atoms. The molecule has 0 aromatic rings. The van der Waals surface area contributed by atoms with Gasteiger partial charge in [0.05, 0.1) is 0 Å². The van der Waals surface area contributed by atoms with E-state index >= 15 is 0 Å². The molecule has 0 N–H and O–H groups in total. The highest BCUT2D eigenvalue weighted by Crippen LogP contribution is 2.34. The Balaban J connectivity index is 3.03. The predicted octanol–water partition coefficient (Wildman–Crippen LogP) is 4.53. The van der Waals surface area contributed by atoms with Crippen LogP contribution in [0.1, 0.15) is 52.9 Å². The van der Waals surface area contributed by atoms with Crippen LogP contribution >= 0.6 is 0 Å². The SMILES string of the molecule is CC[Si](CC)(CC)N(C[Si](C)(OC)OC)C1CCCCC1. The van der Waals surface area contributed by atoms with Crippen LogP contribution in [0.5, 0.6) is 0 Å². The molecule has 0 radical (unpaired) electrons. The lowest BCUT2D eigenvalue weighted by molar-refractivity contribution is 0.202. The predicted molar refractivity (Wildman–Crippen MR) is 96.4 cm³/mol. The highest BCUT2D eigenvalue weighted by molar-refractivity contribution is 6.78. The number of nitrogens with zero attached hydrogens (tertiary/aromatic N) is 1. The van der Waals surface area contributed by atoms with Crippen molar-refractivity contribution >= 4 is 16.8 Å². The minimum absolute atomic E-state index is 0.780. The van der Waals surface area contributed by atoms with Crippen LogP contribution in [0.2, 0.25) is 24.7 Å². The van der Waals surface area contributed by atoms with Crippen molar-refractivity contribution < 1.29 is 8.85 Å². The van der Waals surface area contributed by atoms with Gasteiger partial charge in [-0.25, -0.2) is 0 Å². The Morgan fingerprint density at radius 1 is 0.905 bits per heavy atom. The molecular formula is C16H37NO2Si2. The summed E-state index contributed by atoms with van der Waals surface area (Å²) in [6, 6.07) is 4.85. The number of hydrogen-bond donors (Lipinski definition) is 0. The molecule has 0 aromatic heterocycles. The Bertz CT molecular complexity index is 280. The molecule has 0 amide bonds. The largest absolute Gasteiger partial charge is 0.397 e. The molecule has 1 saturated carbocycles. The summed E-state index contributed by atoms with van der Waals surface area (Å²) in [7, 11) is 0.259. The second-order valence-corrected chi connectivity index (χ2v) is 15.3. The minimum Gasteiger partial charge on any atom is -0.397 e. The van der Waals surface area contributed by atoms with Gasteiger partial charge in [-0.05, 0) is 37.5 Å². The summed E-state index contributed by atoms with van der Waals surface area (Å²) in [6.45, 7) is 9.46. The van der Waals surface area contributed by atoms with Crippen molar-refractivity contribution in [1.82, 2.24) is 4.57 Å². The standard InChI is InChI=1S/C16H37NO2Si2/c1-7-21(8-2,9-3)17(15-20(6,18-4)19-5)16-13-11-10-12-14-16/h16H,7-15H2,1-6H3. The Morgan fingerprint density at radius 2 is 1.38 bits per heavy atom. The number of hydrogen-bond acceptors (Lipinski definition) is 3. The summed E-state index contributed by atoms with van der Waals surface area (Å²) in [6.07, 6.45) is 8.06. The summed E-state index contributed by atoms with van der Waals surface area (Å²) in [5.41, 5.74) is 0. The van der Waals surface area contributed by atoms with Crippen molar-refractivity contribution in [1.29, 1.82) is 0 Å². The Hall–Kier alpha value is 0.314. The average molecular weight is 332 g/mol. The molecule has 0 aromatic carbocycles. The molecule has 126 valence electrons.